The number of aliphatic carboxylic acids is 1. The third-order valence-corrected chi connectivity index (χ3v) is 3.90. The van der Waals surface area contributed by atoms with Gasteiger partial charge < -0.3 is 35.3 Å². The number of aromatic nitrogens is 4. The van der Waals surface area contributed by atoms with Crippen molar-refractivity contribution in [2.45, 2.75) is 51.5 Å². The minimum Gasteiger partial charge on any atom is -0.481 e. The smallest absolute Gasteiger partial charge is 0.303 e. The number of methoxy groups -OCH3 is 1. The van der Waals surface area contributed by atoms with Gasteiger partial charge in [-0.3, -0.25) is 4.79 Å². The van der Waals surface area contributed by atoms with Gasteiger partial charge in [0, 0.05) is 26.6 Å². The molecule has 0 saturated heterocycles. The van der Waals surface area contributed by atoms with E-state index in [1.807, 2.05) is 11.6 Å². The fourth-order valence-electron chi connectivity index (χ4n) is 2.57. The van der Waals surface area contributed by atoms with Crippen molar-refractivity contribution in [1.29, 1.82) is 0 Å². The summed E-state index contributed by atoms with van der Waals surface area (Å²) in [7, 11) is 3.65. The molecule has 5 N–H and O–H groups in total. The second-order valence-electron chi connectivity index (χ2n) is 7.27. The molecule has 2 rings (SSSR count). The Kier molecular flexibility index (Phi) is 9.89. The second kappa shape index (κ2) is 11.6. The van der Waals surface area contributed by atoms with Gasteiger partial charge in [-0.25, -0.2) is 15.0 Å². The number of fused-ring (bicyclic) bond motifs is 1. The Morgan fingerprint density at radius 2 is 2.00 bits per heavy atom. The summed E-state index contributed by atoms with van der Waals surface area (Å²) < 4.78 is 7.47. The van der Waals surface area contributed by atoms with E-state index < -0.39 is 11.8 Å². The van der Waals surface area contributed by atoms with Gasteiger partial charge in [0.25, 0.3) is 0 Å². The van der Waals surface area contributed by atoms with Crippen LogP contribution in [0.4, 0.5) is 5.82 Å². The molecule has 0 aromatic carbocycles. The molecule has 2 aromatic heterocycles. The molecule has 0 bridgehead atoms. The van der Waals surface area contributed by atoms with Crippen LogP contribution >= 0.6 is 0 Å². The van der Waals surface area contributed by atoms with E-state index in [0.29, 0.717) is 29.9 Å². The lowest BCUT2D eigenvalue weighted by Crippen LogP contribution is -2.32. The van der Waals surface area contributed by atoms with Gasteiger partial charge in [0.15, 0.2) is 17.3 Å². The predicted octanol–water partition coefficient (Wildman–Crippen LogP) is 0.317. The lowest BCUT2D eigenvalue weighted by Gasteiger charge is -2.23. The molecule has 0 aliphatic carbocycles. The molecule has 1 unspecified atom stereocenters. The van der Waals surface area contributed by atoms with Gasteiger partial charge in [-0.05, 0) is 40.3 Å². The van der Waals surface area contributed by atoms with E-state index in [1.165, 1.54) is 20.2 Å². The van der Waals surface area contributed by atoms with Crippen LogP contribution in [0.3, 0.4) is 0 Å². The van der Waals surface area contributed by atoms with Gasteiger partial charge in [0.05, 0.1) is 12.4 Å². The summed E-state index contributed by atoms with van der Waals surface area (Å²) in [5, 5.41) is 24.8. The van der Waals surface area contributed by atoms with Crippen LogP contribution in [0.25, 0.3) is 11.2 Å². The summed E-state index contributed by atoms with van der Waals surface area (Å²) in [6.07, 6.45) is 4.78. The monoisotopic (exact) mass is 412 g/mol. The van der Waals surface area contributed by atoms with Crippen molar-refractivity contribution in [2.75, 3.05) is 33.0 Å². The van der Waals surface area contributed by atoms with Crippen molar-refractivity contribution in [2.24, 2.45) is 0 Å². The molecule has 0 amide bonds. The van der Waals surface area contributed by atoms with Gasteiger partial charge in [-0.15, -0.1) is 0 Å². The lowest BCUT2D eigenvalue weighted by atomic mass is 10.2. The number of aliphatic hydroxyl groups is 2. The standard InChI is InChI=1S/C15H24N6O3.C3H8O2/c1-20(6-3-4-12(22)23)8-11(24-2)5-7-21-10-19-13-14(16)17-9-18-15(13)21;1-3(2,4)5/h9-11H,3-8H2,1-2H3,(H,22,23)(H2,16,17,18);4-5H,1-2H3. The number of nitrogens with two attached hydrogens (primary N) is 1. The minimum atomic E-state index is -1.50. The molecule has 0 aliphatic heterocycles. The fraction of sp³-hybridized carbons (Fsp3) is 0.667. The molecule has 0 fully saturated rings. The maximum Gasteiger partial charge on any atom is 0.303 e. The Bertz CT molecular complexity index is 755. The Morgan fingerprint density at radius 1 is 1.34 bits per heavy atom. The Morgan fingerprint density at radius 3 is 2.59 bits per heavy atom. The molecule has 29 heavy (non-hydrogen) atoms. The number of hydrogen-bond acceptors (Lipinski definition) is 9. The quantitative estimate of drug-likeness (QED) is 0.400. The third-order valence-electron chi connectivity index (χ3n) is 3.90. The zero-order chi connectivity index (χ0) is 22.0. The van der Waals surface area contributed by atoms with Gasteiger partial charge >= 0.3 is 5.97 Å². The lowest BCUT2D eigenvalue weighted by molar-refractivity contribution is -0.137. The molecule has 0 spiro atoms. The van der Waals surface area contributed by atoms with Gasteiger partial charge in [-0.1, -0.05) is 0 Å². The molecule has 2 heterocycles. The third kappa shape index (κ3) is 10.1. The summed E-state index contributed by atoms with van der Waals surface area (Å²) in [6, 6.07) is 0. The first kappa shape index (κ1) is 24.7. The van der Waals surface area contributed by atoms with Crippen LogP contribution in [-0.4, -0.2) is 84.8 Å². The number of hydrogen-bond donors (Lipinski definition) is 4. The number of rotatable bonds is 10. The number of anilines is 1. The fourth-order valence-corrected chi connectivity index (χ4v) is 2.57. The van der Waals surface area contributed by atoms with Crippen molar-refractivity contribution in [3.05, 3.63) is 12.7 Å². The molecule has 1 atom stereocenters. The summed E-state index contributed by atoms with van der Waals surface area (Å²) in [6.45, 7) is 4.76. The largest absolute Gasteiger partial charge is 0.481 e. The number of carboxylic acids is 1. The summed E-state index contributed by atoms with van der Waals surface area (Å²) >= 11 is 0. The maximum atomic E-state index is 10.6. The number of aryl methyl sites for hydroxylation is 1. The Hall–Kier alpha value is -2.34. The minimum absolute atomic E-state index is 0.0384. The van der Waals surface area contributed by atoms with E-state index in [0.717, 1.165) is 19.5 Å². The van der Waals surface area contributed by atoms with E-state index in [-0.39, 0.29) is 12.5 Å². The van der Waals surface area contributed by atoms with Crippen molar-refractivity contribution in [3.8, 4) is 0 Å². The van der Waals surface area contributed by atoms with Crippen molar-refractivity contribution in [1.82, 2.24) is 24.4 Å². The molecule has 0 radical (unpaired) electrons. The van der Waals surface area contributed by atoms with Crippen molar-refractivity contribution >= 4 is 23.0 Å². The first-order valence-corrected chi connectivity index (χ1v) is 9.30. The second-order valence-corrected chi connectivity index (χ2v) is 7.27. The summed E-state index contributed by atoms with van der Waals surface area (Å²) in [5.41, 5.74) is 7.11. The number of ether oxygens (including phenoxy) is 1. The molecule has 2 aromatic rings. The average molecular weight is 412 g/mol. The zero-order valence-electron chi connectivity index (χ0n) is 17.4. The molecule has 164 valence electrons. The highest BCUT2D eigenvalue weighted by molar-refractivity contribution is 5.81. The number of imidazole rings is 1. The normalized spacial score (nSPS) is 12.7. The number of carboxylic acid groups (broad SMARTS) is 1. The molecular weight excluding hydrogens is 380 g/mol. The highest BCUT2D eigenvalue weighted by Crippen LogP contribution is 2.15. The van der Waals surface area contributed by atoms with Crippen LogP contribution < -0.4 is 5.73 Å². The van der Waals surface area contributed by atoms with Crippen LogP contribution in [0.2, 0.25) is 0 Å². The number of nitrogens with zero attached hydrogens (tertiary/aromatic N) is 5. The summed E-state index contributed by atoms with van der Waals surface area (Å²) in [5.74, 6) is -1.89. The van der Waals surface area contributed by atoms with E-state index >= 15 is 0 Å². The first-order valence-electron chi connectivity index (χ1n) is 9.30. The van der Waals surface area contributed by atoms with Crippen LogP contribution in [0.5, 0.6) is 0 Å². The topological polar surface area (TPSA) is 160 Å². The van der Waals surface area contributed by atoms with Crippen LogP contribution in [0.1, 0.15) is 33.1 Å². The van der Waals surface area contributed by atoms with Gasteiger partial charge in [0.2, 0.25) is 0 Å². The van der Waals surface area contributed by atoms with Crippen LogP contribution in [0.15, 0.2) is 12.7 Å². The van der Waals surface area contributed by atoms with Crippen LogP contribution in [0, 0.1) is 0 Å². The first-order chi connectivity index (χ1) is 13.5. The van der Waals surface area contributed by atoms with E-state index in [2.05, 4.69) is 19.9 Å². The van der Waals surface area contributed by atoms with E-state index in [9.17, 15) is 4.79 Å². The van der Waals surface area contributed by atoms with Crippen molar-refractivity contribution in [3.63, 3.8) is 0 Å². The van der Waals surface area contributed by atoms with Crippen molar-refractivity contribution < 1.29 is 24.9 Å². The molecule has 11 heteroatoms. The Labute approximate surface area is 170 Å². The molecule has 11 nitrogen and oxygen atoms in total. The number of carbonyl (C=O) groups is 1. The average Bonchev–Trinajstić information content (AvgIpc) is 3.01. The maximum absolute atomic E-state index is 10.6. The van der Waals surface area contributed by atoms with E-state index in [1.54, 1.807) is 13.4 Å². The highest BCUT2D eigenvalue weighted by Gasteiger charge is 2.13. The Balaban J connectivity index is 0.000000749. The molecular formula is C18H32N6O5. The summed E-state index contributed by atoms with van der Waals surface area (Å²) in [4.78, 5) is 25.0. The highest BCUT2D eigenvalue weighted by atomic mass is 16.5. The van der Waals surface area contributed by atoms with Crippen LogP contribution in [-0.2, 0) is 16.1 Å². The number of likely N-dealkylation sites (N-methyl/N-ethyl adjacent to an activating group) is 1. The predicted molar refractivity (Wildman–Crippen MR) is 108 cm³/mol. The van der Waals surface area contributed by atoms with Gasteiger partial charge in [0.1, 0.15) is 11.8 Å². The molecule has 0 aliphatic rings. The number of nitrogen functional groups attached to an aromatic ring is 1. The van der Waals surface area contributed by atoms with Gasteiger partial charge in [-0.2, -0.15) is 0 Å². The zero-order valence-corrected chi connectivity index (χ0v) is 17.4. The molecule has 0 saturated carbocycles. The SMILES string of the molecule is CC(C)(O)O.COC(CCn1cnc2c(N)ncnc21)CN(C)CCCC(=O)O. The van der Waals surface area contributed by atoms with E-state index in [4.69, 9.17) is 25.8 Å².